The molecule has 0 saturated carbocycles. The van der Waals surface area contributed by atoms with Gasteiger partial charge >= 0.3 is 0 Å². The molecule has 0 aliphatic carbocycles. The first-order valence-corrected chi connectivity index (χ1v) is 9.76. The number of benzene rings is 2. The summed E-state index contributed by atoms with van der Waals surface area (Å²) in [6.07, 6.45) is 0. The van der Waals surface area contributed by atoms with E-state index in [0.717, 1.165) is 5.56 Å². The van der Waals surface area contributed by atoms with E-state index in [1.54, 1.807) is 53.4 Å². The largest absolute Gasteiger partial charge is 0.342 e. The highest BCUT2D eigenvalue weighted by Gasteiger charge is 2.28. The van der Waals surface area contributed by atoms with Crippen LogP contribution in [0.1, 0.15) is 19.4 Å². The molecule has 0 saturated heterocycles. The quantitative estimate of drug-likeness (QED) is 0.762. The first-order chi connectivity index (χ1) is 11.9. The van der Waals surface area contributed by atoms with Gasteiger partial charge in [0.05, 0.1) is 10.6 Å². The van der Waals surface area contributed by atoms with E-state index in [0.29, 0.717) is 18.8 Å². The van der Waals surface area contributed by atoms with Crippen LogP contribution in [0, 0.1) is 6.92 Å². The number of anilines is 1. The molecule has 0 N–H and O–H groups in total. The molecule has 0 aliphatic rings. The van der Waals surface area contributed by atoms with Crippen LogP contribution in [0.3, 0.4) is 0 Å². The Morgan fingerprint density at radius 1 is 0.920 bits per heavy atom. The molecule has 0 aromatic heterocycles. The second-order valence-electron chi connectivity index (χ2n) is 5.73. The fourth-order valence-electron chi connectivity index (χ4n) is 2.55. The third-order valence-corrected chi connectivity index (χ3v) is 5.84. The Balaban J connectivity index is 2.44. The molecule has 0 aliphatic heterocycles. The van der Waals surface area contributed by atoms with Crippen molar-refractivity contribution < 1.29 is 13.2 Å². The fourth-order valence-corrected chi connectivity index (χ4v) is 3.96. The van der Waals surface area contributed by atoms with Crippen molar-refractivity contribution >= 4 is 21.6 Å². The molecule has 2 rings (SSSR count). The summed E-state index contributed by atoms with van der Waals surface area (Å²) >= 11 is 0. The maximum absolute atomic E-state index is 13.1. The van der Waals surface area contributed by atoms with Gasteiger partial charge < -0.3 is 4.90 Å². The van der Waals surface area contributed by atoms with Gasteiger partial charge in [-0.3, -0.25) is 9.10 Å². The number of rotatable bonds is 7. The number of aryl methyl sites for hydroxylation is 1. The Kier molecular flexibility index (Phi) is 6.20. The van der Waals surface area contributed by atoms with Crippen LogP contribution in [0.5, 0.6) is 0 Å². The molecule has 0 radical (unpaired) electrons. The third-order valence-electron chi connectivity index (χ3n) is 4.05. The van der Waals surface area contributed by atoms with E-state index in [-0.39, 0.29) is 17.3 Å². The van der Waals surface area contributed by atoms with Crippen LogP contribution < -0.4 is 4.31 Å². The van der Waals surface area contributed by atoms with E-state index in [9.17, 15) is 13.2 Å². The molecule has 0 unspecified atom stereocenters. The minimum Gasteiger partial charge on any atom is -0.342 e. The Morgan fingerprint density at radius 2 is 1.48 bits per heavy atom. The predicted octanol–water partition coefficient (Wildman–Crippen LogP) is 3.06. The van der Waals surface area contributed by atoms with Crippen LogP contribution in [0.25, 0.3) is 0 Å². The Morgan fingerprint density at radius 3 is 2.00 bits per heavy atom. The molecule has 5 nitrogen and oxygen atoms in total. The van der Waals surface area contributed by atoms with Crippen LogP contribution in [-0.2, 0) is 14.8 Å². The number of amides is 1. The van der Waals surface area contributed by atoms with Crippen LogP contribution >= 0.6 is 0 Å². The summed E-state index contributed by atoms with van der Waals surface area (Å²) in [4.78, 5) is 14.3. The lowest BCUT2D eigenvalue weighted by Crippen LogP contribution is -2.43. The molecule has 0 atom stereocenters. The summed E-state index contributed by atoms with van der Waals surface area (Å²) in [5.74, 6) is -0.218. The van der Waals surface area contributed by atoms with E-state index in [1.165, 1.54) is 4.31 Å². The van der Waals surface area contributed by atoms with E-state index in [4.69, 9.17) is 0 Å². The van der Waals surface area contributed by atoms with Crippen molar-refractivity contribution in [3.63, 3.8) is 0 Å². The zero-order valence-corrected chi connectivity index (χ0v) is 15.7. The molecular weight excluding hydrogens is 336 g/mol. The van der Waals surface area contributed by atoms with E-state index < -0.39 is 10.0 Å². The molecule has 134 valence electrons. The smallest absolute Gasteiger partial charge is 0.264 e. The molecule has 25 heavy (non-hydrogen) atoms. The van der Waals surface area contributed by atoms with Gasteiger partial charge in [0.15, 0.2) is 0 Å². The van der Waals surface area contributed by atoms with Gasteiger partial charge in [-0.1, -0.05) is 35.9 Å². The molecular formula is C19H24N2O3S. The minimum absolute atomic E-state index is 0.175. The highest BCUT2D eigenvalue weighted by atomic mass is 32.2. The van der Waals surface area contributed by atoms with Gasteiger partial charge in [0, 0.05) is 13.1 Å². The number of carbonyl (C=O) groups is 1. The maximum atomic E-state index is 13.1. The lowest BCUT2D eigenvalue weighted by molar-refractivity contribution is -0.129. The average Bonchev–Trinajstić information content (AvgIpc) is 2.61. The zero-order chi connectivity index (χ0) is 18.4. The van der Waals surface area contributed by atoms with Gasteiger partial charge in [0.1, 0.15) is 6.54 Å². The number of hydrogen-bond donors (Lipinski definition) is 0. The van der Waals surface area contributed by atoms with Crippen LogP contribution in [0.15, 0.2) is 59.5 Å². The summed E-state index contributed by atoms with van der Waals surface area (Å²) < 4.78 is 27.4. The Bertz CT molecular complexity index is 798. The second-order valence-corrected chi connectivity index (χ2v) is 7.59. The monoisotopic (exact) mass is 360 g/mol. The summed E-state index contributed by atoms with van der Waals surface area (Å²) in [7, 11) is -3.83. The number of hydrogen-bond acceptors (Lipinski definition) is 3. The van der Waals surface area contributed by atoms with Crippen LogP contribution in [0.2, 0.25) is 0 Å². The highest BCUT2D eigenvalue weighted by molar-refractivity contribution is 7.92. The van der Waals surface area contributed by atoms with Crippen molar-refractivity contribution in [1.82, 2.24) is 4.90 Å². The molecule has 0 heterocycles. The van der Waals surface area contributed by atoms with Gasteiger partial charge in [-0.2, -0.15) is 0 Å². The van der Waals surface area contributed by atoms with Crippen LogP contribution in [0.4, 0.5) is 5.69 Å². The maximum Gasteiger partial charge on any atom is 0.264 e. The lowest BCUT2D eigenvalue weighted by Gasteiger charge is -2.27. The van der Waals surface area contributed by atoms with Crippen molar-refractivity contribution in [3.8, 4) is 0 Å². The number of nitrogens with zero attached hydrogens (tertiary/aromatic N) is 2. The predicted molar refractivity (Wildman–Crippen MR) is 100 cm³/mol. The number of carbonyl (C=O) groups excluding carboxylic acids is 1. The van der Waals surface area contributed by atoms with Crippen molar-refractivity contribution in [2.24, 2.45) is 0 Å². The minimum atomic E-state index is -3.83. The molecule has 6 heteroatoms. The molecule has 0 bridgehead atoms. The number of sulfonamides is 1. The van der Waals surface area contributed by atoms with Gasteiger partial charge in [0.25, 0.3) is 10.0 Å². The second kappa shape index (κ2) is 8.16. The van der Waals surface area contributed by atoms with E-state index >= 15 is 0 Å². The summed E-state index contributed by atoms with van der Waals surface area (Å²) in [6, 6.07) is 15.4. The number of para-hydroxylation sites is 1. The Hall–Kier alpha value is -2.34. The molecule has 0 fully saturated rings. The van der Waals surface area contributed by atoms with Crippen LogP contribution in [-0.4, -0.2) is 38.9 Å². The van der Waals surface area contributed by atoms with Gasteiger partial charge in [0.2, 0.25) is 5.91 Å². The van der Waals surface area contributed by atoms with Crippen molar-refractivity contribution in [1.29, 1.82) is 0 Å². The Labute approximate surface area is 149 Å². The first-order valence-electron chi connectivity index (χ1n) is 8.32. The normalized spacial score (nSPS) is 11.2. The first kappa shape index (κ1) is 19.0. The molecule has 0 spiro atoms. The summed E-state index contributed by atoms with van der Waals surface area (Å²) in [5, 5.41) is 0. The van der Waals surface area contributed by atoms with Crippen molar-refractivity contribution in [3.05, 3.63) is 60.2 Å². The fraction of sp³-hybridized carbons (Fsp3) is 0.316. The third kappa shape index (κ3) is 4.39. The average molecular weight is 360 g/mol. The van der Waals surface area contributed by atoms with Gasteiger partial charge in [-0.05, 0) is 45.0 Å². The van der Waals surface area contributed by atoms with Gasteiger partial charge in [-0.25, -0.2) is 8.42 Å². The number of likely N-dealkylation sites (N-methyl/N-ethyl adjacent to an activating group) is 1. The molecule has 2 aromatic carbocycles. The summed E-state index contributed by atoms with van der Waals surface area (Å²) in [6.45, 7) is 6.52. The standard InChI is InChI=1S/C19H24N2O3S/c1-4-20(5-2)19(22)15-21(17-9-7-6-8-10-17)25(23,24)18-13-11-16(3)12-14-18/h6-14H,4-5,15H2,1-3H3. The van der Waals surface area contributed by atoms with Crippen molar-refractivity contribution in [2.45, 2.75) is 25.7 Å². The van der Waals surface area contributed by atoms with E-state index in [1.807, 2.05) is 26.8 Å². The van der Waals surface area contributed by atoms with Crippen molar-refractivity contribution in [2.75, 3.05) is 23.9 Å². The summed E-state index contributed by atoms with van der Waals surface area (Å²) in [5.41, 5.74) is 1.45. The van der Waals surface area contributed by atoms with E-state index in [2.05, 4.69) is 0 Å². The zero-order valence-electron chi connectivity index (χ0n) is 14.8. The lowest BCUT2D eigenvalue weighted by atomic mass is 10.2. The SMILES string of the molecule is CCN(CC)C(=O)CN(c1ccccc1)S(=O)(=O)c1ccc(C)cc1. The van der Waals surface area contributed by atoms with Gasteiger partial charge in [-0.15, -0.1) is 0 Å². The highest BCUT2D eigenvalue weighted by Crippen LogP contribution is 2.23. The topological polar surface area (TPSA) is 57.7 Å². The molecule has 1 amide bonds. The molecule has 2 aromatic rings.